The Kier molecular flexibility index (Phi) is 10.8. The third kappa shape index (κ3) is 8.48. The van der Waals surface area contributed by atoms with Crippen LogP contribution in [0.1, 0.15) is 6.42 Å². The van der Waals surface area contributed by atoms with Gasteiger partial charge in [0.1, 0.15) is 0 Å². The molecule has 0 saturated carbocycles. The summed E-state index contributed by atoms with van der Waals surface area (Å²) in [7, 11) is -4.47. The first-order chi connectivity index (χ1) is 11.1. The van der Waals surface area contributed by atoms with Gasteiger partial charge in [0.2, 0.25) is 0 Å². The zero-order valence-electron chi connectivity index (χ0n) is 13.8. The van der Waals surface area contributed by atoms with Crippen LogP contribution in [0.5, 0.6) is 0 Å². The molecule has 0 amide bonds. The van der Waals surface area contributed by atoms with Gasteiger partial charge in [0.05, 0.1) is 10.1 Å². The van der Waals surface area contributed by atoms with Crippen LogP contribution in [0.4, 0.5) is 0 Å². The van der Waals surface area contributed by atoms with E-state index in [1.807, 2.05) is 12.1 Å². The van der Waals surface area contributed by atoms with Crippen LogP contribution in [-0.4, -0.2) is 36.4 Å². The SMILES string of the molecule is O=S(=O)([O-])CCCSCCP(c1ccccc1)c1ccccc1.[Na+]. The monoisotopic (exact) mass is 390 g/mol. The normalized spacial score (nSPS) is 11.2. The Morgan fingerprint density at radius 1 is 0.875 bits per heavy atom. The van der Waals surface area contributed by atoms with Gasteiger partial charge >= 0.3 is 29.6 Å². The summed E-state index contributed by atoms with van der Waals surface area (Å²) in [6.07, 6.45) is 1.49. The van der Waals surface area contributed by atoms with Gasteiger partial charge < -0.3 is 4.55 Å². The number of hydrogen-bond acceptors (Lipinski definition) is 4. The second-order valence-corrected chi connectivity index (χ2v) is 10.1. The molecular weight excluding hydrogens is 370 g/mol. The molecule has 0 spiro atoms. The molecule has 2 aromatic rings. The molecule has 0 aliphatic rings. The van der Waals surface area contributed by atoms with Gasteiger partial charge in [-0.05, 0) is 42.6 Å². The van der Waals surface area contributed by atoms with Gasteiger partial charge in [-0.15, -0.1) is 0 Å². The van der Waals surface area contributed by atoms with E-state index in [1.54, 1.807) is 11.8 Å². The molecular formula is C17H20NaO3PS2. The van der Waals surface area contributed by atoms with Crippen LogP contribution in [0.25, 0.3) is 0 Å². The van der Waals surface area contributed by atoms with Crippen molar-refractivity contribution in [2.75, 3.05) is 23.4 Å². The number of rotatable bonds is 9. The largest absolute Gasteiger partial charge is 1.00 e. The Morgan fingerprint density at radius 2 is 1.38 bits per heavy atom. The molecule has 7 heteroatoms. The average molecular weight is 390 g/mol. The van der Waals surface area contributed by atoms with Crippen LogP contribution in [0.2, 0.25) is 0 Å². The summed E-state index contributed by atoms with van der Waals surface area (Å²) < 4.78 is 31.7. The van der Waals surface area contributed by atoms with E-state index in [0.717, 1.165) is 11.9 Å². The van der Waals surface area contributed by atoms with Crippen LogP contribution in [0.15, 0.2) is 60.7 Å². The first-order valence-electron chi connectivity index (χ1n) is 7.45. The Labute approximate surface area is 172 Å². The molecule has 2 aromatic carbocycles. The second kappa shape index (κ2) is 11.7. The fraction of sp³-hybridized carbons (Fsp3) is 0.294. The van der Waals surface area contributed by atoms with Crippen LogP contribution in [0.3, 0.4) is 0 Å². The maximum Gasteiger partial charge on any atom is 1.00 e. The van der Waals surface area contributed by atoms with Crippen molar-refractivity contribution in [2.45, 2.75) is 6.42 Å². The summed E-state index contributed by atoms with van der Waals surface area (Å²) in [4.78, 5) is 0. The van der Waals surface area contributed by atoms with Crippen LogP contribution in [0, 0.1) is 0 Å². The number of thioether (sulfide) groups is 1. The quantitative estimate of drug-likeness (QED) is 0.257. The van der Waals surface area contributed by atoms with Crippen molar-refractivity contribution in [1.82, 2.24) is 0 Å². The van der Waals surface area contributed by atoms with Crippen molar-refractivity contribution in [2.24, 2.45) is 0 Å². The predicted molar refractivity (Wildman–Crippen MR) is 100 cm³/mol. The molecule has 3 nitrogen and oxygen atoms in total. The molecule has 2 rings (SSSR count). The molecule has 0 aliphatic heterocycles. The van der Waals surface area contributed by atoms with E-state index >= 15 is 0 Å². The molecule has 124 valence electrons. The van der Waals surface area contributed by atoms with E-state index < -0.39 is 18.0 Å². The van der Waals surface area contributed by atoms with Gasteiger partial charge in [0, 0.05) is 5.75 Å². The second-order valence-electron chi connectivity index (χ2n) is 5.05. The maximum absolute atomic E-state index is 10.6. The summed E-state index contributed by atoms with van der Waals surface area (Å²) in [5.74, 6) is 1.43. The Morgan fingerprint density at radius 3 is 1.83 bits per heavy atom. The van der Waals surface area contributed by atoms with Gasteiger partial charge in [-0.2, -0.15) is 11.8 Å². The van der Waals surface area contributed by atoms with Crippen molar-refractivity contribution in [3.63, 3.8) is 0 Å². The molecule has 0 fully saturated rings. The Balaban J connectivity index is 0.00000288. The van der Waals surface area contributed by atoms with Crippen molar-refractivity contribution in [1.29, 1.82) is 0 Å². The third-order valence-corrected chi connectivity index (χ3v) is 7.95. The van der Waals surface area contributed by atoms with Crippen molar-refractivity contribution in [3.05, 3.63) is 60.7 Å². The fourth-order valence-electron chi connectivity index (χ4n) is 2.22. The van der Waals surface area contributed by atoms with Crippen LogP contribution < -0.4 is 40.2 Å². The molecule has 24 heavy (non-hydrogen) atoms. The van der Waals surface area contributed by atoms with E-state index in [-0.39, 0.29) is 35.3 Å². The molecule has 0 atom stereocenters. The number of hydrogen-bond donors (Lipinski definition) is 0. The van der Waals surface area contributed by atoms with E-state index in [0.29, 0.717) is 12.2 Å². The molecule has 0 aliphatic carbocycles. The average Bonchev–Trinajstić information content (AvgIpc) is 2.55. The van der Waals surface area contributed by atoms with Crippen molar-refractivity contribution < 1.29 is 42.5 Å². The predicted octanol–water partition coefficient (Wildman–Crippen LogP) is -0.208. The molecule has 0 radical (unpaired) electrons. The summed E-state index contributed by atoms with van der Waals surface area (Å²) >= 11 is 1.72. The minimum absolute atomic E-state index is 0. The Bertz CT molecular complexity index is 642. The first-order valence-corrected chi connectivity index (χ1v) is 11.7. The molecule has 0 N–H and O–H groups in total. The Hall–Kier alpha value is 0.130. The summed E-state index contributed by atoms with van der Waals surface area (Å²) in [5, 5.41) is 2.72. The summed E-state index contributed by atoms with van der Waals surface area (Å²) in [6, 6.07) is 21.0. The maximum atomic E-state index is 10.6. The van der Waals surface area contributed by atoms with Gasteiger partial charge in [-0.3, -0.25) is 0 Å². The first kappa shape index (κ1) is 22.2. The molecule has 0 heterocycles. The summed E-state index contributed by atoms with van der Waals surface area (Å²) in [6.45, 7) is 0. The van der Waals surface area contributed by atoms with Gasteiger partial charge in [0.25, 0.3) is 0 Å². The van der Waals surface area contributed by atoms with E-state index in [1.165, 1.54) is 10.6 Å². The standard InChI is InChI=1S/C17H21O3PS2.Na/c18-23(19,20)15-7-13-22-14-12-21(16-8-3-1-4-9-16)17-10-5-2-6-11-17;/h1-6,8-11H,7,12-15H2,(H,18,19,20);/q;+1/p-1. The van der Waals surface area contributed by atoms with Crippen molar-refractivity contribution >= 4 is 40.4 Å². The number of benzene rings is 2. The molecule has 0 bridgehead atoms. The molecule has 0 aromatic heterocycles. The zero-order chi connectivity index (χ0) is 16.5. The van der Waals surface area contributed by atoms with E-state index in [4.69, 9.17) is 0 Å². The fourth-order valence-corrected chi connectivity index (χ4v) is 6.58. The topological polar surface area (TPSA) is 57.2 Å². The van der Waals surface area contributed by atoms with Gasteiger partial charge in [-0.25, -0.2) is 8.42 Å². The van der Waals surface area contributed by atoms with Crippen molar-refractivity contribution in [3.8, 4) is 0 Å². The third-order valence-electron chi connectivity index (χ3n) is 3.28. The summed E-state index contributed by atoms with van der Waals surface area (Å²) in [5.41, 5.74) is 0. The minimum Gasteiger partial charge on any atom is -0.748 e. The van der Waals surface area contributed by atoms with Gasteiger partial charge in [-0.1, -0.05) is 60.7 Å². The smallest absolute Gasteiger partial charge is 0.748 e. The minimum atomic E-state index is -4.07. The van der Waals surface area contributed by atoms with E-state index in [2.05, 4.69) is 48.5 Å². The zero-order valence-corrected chi connectivity index (χ0v) is 18.3. The van der Waals surface area contributed by atoms with Crippen LogP contribution in [-0.2, 0) is 10.1 Å². The molecule has 0 unspecified atom stereocenters. The van der Waals surface area contributed by atoms with E-state index in [9.17, 15) is 13.0 Å². The molecule has 0 saturated heterocycles. The van der Waals surface area contributed by atoms with Gasteiger partial charge in [0.15, 0.2) is 0 Å². The van der Waals surface area contributed by atoms with Crippen LogP contribution >= 0.6 is 19.7 Å².